The molecule has 1 heterocycles. The highest BCUT2D eigenvalue weighted by molar-refractivity contribution is 6.33. The topological polar surface area (TPSA) is 68.1 Å². The highest BCUT2D eigenvalue weighted by Crippen LogP contribution is 2.29. The summed E-state index contributed by atoms with van der Waals surface area (Å²) in [6.07, 6.45) is 6.22. The van der Waals surface area contributed by atoms with E-state index in [1.165, 1.54) is 37.9 Å². The van der Waals surface area contributed by atoms with Gasteiger partial charge >= 0.3 is 0 Å². The molecule has 2 rings (SSSR count). The molecule has 1 aromatic heterocycles. The van der Waals surface area contributed by atoms with Gasteiger partial charge in [0, 0.05) is 12.6 Å². The largest absolute Gasteiger partial charge is 0.369 e. The Bertz CT molecular complexity index is 459. The summed E-state index contributed by atoms with van der Waals surface area (Å²) in [5.41, 5.74) is -0.0814. The molecule has 0 bridgehead atoms. The molecular formula is C13H18ClN3O2. The Morgan fingerprint density at radius 3 is 2.74 bits per heavy atom. The van der Waals surface area contributed by atoms with Crippen molar-refractivity contribution in [2.24, 2.45) is 11.8 Å². The van der Waals surface area contributed by atoms with Gasteiger partial charge in [0.25, 0.3) is 5.69 Å². The number of hydrogen-bond donors (Lipinski definition) is 1. The van der Waals surface area contributed by atoms with E-state index in [1.807, 2.05) is 0 Å². The van der Waals surface area contributed by atoms with Crippen molar-refractivity contribution in [3.05, 3.63) is 27.4 Å². The van der Waals surface area contributed by atoms with Crippen LogP contribution in [-0.4, -0.2) is 16.5 Å². The molecule has 0 aliphatic heterocycles. The third kappa shape index (κ3) is 3.80. The maximum absolute atomic E-state index is 10.6. The molecule has 0 saturated heterocycles. The minimum atomic E-state index is -0.495. The number of nitrogens with zero attached hydrogens (tertiary/aromatic N) is 2. The SMILES string of the molecule is CC1CCC(CNc2ncc([N+](=O)[O-])cc2Cl)CC1. The molecule has 6 heteroatoms. The zero-order chi connectivity index (χ0) is 13.8. The average Bonchev–Trinajstić information content (AvgIpc) is 2.39. The van der Waals surface area contributed by atoms with E-state index < -0.39 is 4.92 Å². The molecule has 0 unspecified atom stereocenters. The zero-order valence-corrected chi connectivity index (χ0v) is 11.7. The van der Waals surface area contributed by atoms with Gasteiger partial charge in [-0.2, -0.15) is 0 Å². The van der Waals surface area contributed by atoms with Crippen molar-refractivity contribution in [1.29, 1.82) is 0 Å². The molecule has 0 atom stereocenters. The van der Waals surface area contributed by atoms with Crippen molar-refractivity contribution in [2.45, 2.75) is 32.6 Å². The maximum atomic E-state index is 10.6. The second kappa shape index (κ2) is 6.19. The zero-order valence-electron chi connectivity index (χ0n) is 10.9. The number of anilines is 1. The quantitative estimate of drug-likeness (QED) is 0.672. The van der Waals surface area contributed by atoms with E-state index >= 15 is 0 Å². The first-order valence-electron chi connectivity index (χ1n) is 6.60. The second-order valence-corrected chi connectivity index (χ2v) is 5.70. The predicted octanol–water partition coefficient (Wildman–Crippen LogP) is 3.88. The van der Waals surface area contributed by atoms with Crippen molar-refractivity contribution in [3.8, 4) is 0 Å². The highest BCUT2D eigenvalue weighted by Gasteiger charge is 2.18. The van der Waals surface area contributed by atoms with Gasteiger partial charge in [0.1, 0.15) is 12.0 Å². The van der Waals surface area contributed by atoms with E-state index in [0.29, 0.717) is 16.8 Å². The van der Waals surface area contributed by atoms with Crippen LogP contribution in [0.4, 0.5) is 11.5 Å². The molecule has 5 nitrogen and oxygen atoms in total. The molecule has 0 radical (unpaired) electrons. The van der Waals surface area contributed by atoms with Crippen LogP contribution in [0.25, 0.3) is 0 Å². The number of hydrogen-bond acceptors (Lipinski definition) is 4. The molecule has 0 spiro atoms. The fourth-order valence-electron chi connectivity index (χ4n) is 2.43. The summed E-state index contributed by atoms with van der Waals surface area (Å²) < 4.78 is 0. The van der Waals surface area contributed by atoms with Crippen molar-refractivity contribution in [1.82, 2.24) is 4.98 Å². The normalized spacial score (nSPS) is 23.1. The lowest BCUT2D eigenvalue weighted by atomic mass is 9.83. The summed E-state index contributed by atoms with van der Waals surface area (Å²) in [5, 5.41) is 14.1. The van der Waals surface area contributed by atoms with Gasteiger partial charge in [-0.15, -0.1) is 0 Å². The molecule has 1 saturated carbocycles. The van der Waals surface area contributed by atoms with E-state index in [2.05, 4.69) is 17.2 Å². The molecule has 19 heavy (non-hydrogen) atoms. The van der Waals surface area contributed by atoms with Gasteiger partial charge in [0.05, 0.1) is 9.95 Å². The Hall–Kier alpha value is -1.36. The van der Waals surface area contributed by atoms with Crippen LogP contribution in [0.2, 0.25) is 5.02 Å². The Balaban J connectivity index is 1.91. The lowest BCUT2D eigenvalue weighted by molar-refractivity contribution is -0.385. The van der Waals surface area contributed by atoms with Crippen LogP contribution in [0.15, 0.2) is 12.3 Å². The molecule has 1 fully saturated rings. The van der Waals surface area contributed by atoms with Gasteiger partial charge in [-0.05, 0) is 24.7 Å². The first kappa shape index (κ1) is 14.1. The summed E-state index contributed by atoms with van der Waals surface area (Å²) in [5.74, 6) is 2.01. The fraction of sp³-hybridized carbons (Fsp3) is 0.615. The molecule has 1 aliphatic carbocycles. The van der Waals surface area contributed by atoms with Gasteiger partial charge in [-0.3, -0.25) is 10.1 Å². The first-order valence-corrected chi connectivity index (χ1v) is 6.98. The summed E-state index contributed by atoms with van der Waals surface area (Å²) >= 11 is 5.98. The number of pyridine rings is 1. The summed E-state index contributed by atoms with van der Waals surface area (Å²) in [6.45, 7) is 3.12. The summed E-state index contributed by atoms with van der Waals surface area (Å²) in [7, 11) is 0. The maximum Gasteiger partial charge on any atom is 0.289 e. The van der Waals surface area contributed by atoms with Crippen LogP contribution in [0, 0.1) is 22.0 Å². The molecule has 1 aromatic rings. The average molecular weight is 284 g/mol. The van der Waals surface area contributed by atoms with E-state index in [0.717, 1.165) is 12.5 Å². The molecular weight excluding hydrogens is 266 g/mol. The van der Waals surface area contributed by atoms with E-state index in [1.54, 1.807) is 0 Å². The van der Waals surface area contributed by atoms with E-state index in [9.17, 15) is 10.1 Å². The molecule has 1 N–H and O–H groups in total. The number of halogens is 1. The van der Waals surface area contributed by atoms with Gasteiger partial charge in [-0.25, -0.2) is 4.98 Å². The van der Waals surface area contributed by atoms with Crippen molar-refractivity contribution >= 4 is 23.1 Å². The molecule has 0 amide bonds. The summed E-state index contributed by atoms with van der Waals surface area (Å²) in [6, 6.07) is 1.33. The first-order chi connectivity index (χ1) is 9.06. The van der Waals surface area contributed by atoms with Crippen LogP contribution in [0.1, 0.15) is 32.6 Å². The van der Waals surface area contributed by atoms with Crippen LogP contribution in [-0.2, 0) is 0 Å². The van der Waals surface area contributed by atoms with E-state index in [4.69, 9.17) is 11.6 Å². The van der Waals surface area contributed by atoms with Crippen molar-refractivity contribution < 1.29 is 4.92 Å². The predicted molar refractivity (Wildman–Crippen MR) is 75.5 cm³/mol. The molecule has 0 aromatic carbocycles. The van der Waals surface area contributed by atoms with Crippen LogP contribution >= 0.6 is 11.6 Å². The second-order valence-electron chi connectivity index (χ2n) is 5.29. The third-order valence-electron chi connectivity index (χ3n) is 3.73. The van der Waals surface area contributed by atoms with E-state index in [-0.39, 0.29) is 5.69 Å². The minimum Gasteiger partial charge on any atom is -0.369 e. The molecule has 1 aliphatic rings. The number of nitro groups is 1. The van der Waals surface area contributed by atoms with Crippen LogP contribution < -0.4 is 5.32 Å². The fourth-order valence-corrected chi connectivity index (χ4v) is 2.66. The lowest BCUT2D eigenvalue weighted by Crippen LogP contribution is -2.20. The minimum absolute atomic E-state index is 0.0814. The third-order valence-corrected chi connectivity index (χ3v) is 4.02. The lowest BCUT2D eigenvalue weighted by Gasteiger charge is -2.26. The Morgan fingerprint density at radius 2 is 2.16 bits per heavy atom. The van der Waals surface area contributed by atoms with Crippen LogP contribution in [0.3, 0.4) is 0 Å². The Labute approximate surface area is 117 Å². The smallest absolute Gasteiger partial charge is 0.289 e. The van der Waals surface area contributed by atoms with Crippen molar-refractivity contribution in [2.75, 3.05) is 11.9 Å². The Kier molecular flexibility index (Phi) is 4.58. The van der Waals surface area contributed by atoms with Crippen LogP contribution in [0.5, 0.6) is 0 Å². The number of aromatic nitrogens is 1. The summed E-state index contributed by atoms with van der Waals surface area (Å²) in [4.78, 5) is 14.1. The van der Waals surface area contributed by atoms with Gasteiger partial charge in [0.15, 0.2) is 0 Å². The Morgan fingerprint density at radius 1 is 1.47 bits per heavy atom. The number of nitrogens with one attached hydrogen (secondary N) is 1. The van der Waals surface area contributed by atoms with Crippen molar-refractivity contribution in [3.63, 3.8) is 0 Å². The van der Waals surface area contributed by atoms with Gasteiger partial charge < -0.3 is 5.32 Å². The highest BCUT2D eigenvalue weighted by atomic mass is 35.5. The van der Waals surface area contributed by atoms with Gasteiger partial charge in [-0.1, -0.05) is 31.4 Å². The standard InChI is InChI=1S/C13H18ClN3O2/c1-9-2-4-10(5-3-9)7-15-13-12(14)6-11(8-16-13)17(18)19/h6,8-10H,2-5,7H2,1H3,(H,15,16). The number of rotatable bonds is 4. The molecule has 104 valence electrons. The monoisotopic (exact) mass is 283 g/mol. The van der Waals surface area contributed by atoms with Gasteiger partial charge in [0.2, 0.25) is 0 Å².